The van der Waals surface area contributed by atoms with E-state index in [1.54, 1.807) is 19.2 Å². The predicted molar refractivity (Wildman–Crippen MR) is 88.1 cm³/mol. The maximum atomic E-state index is 12.0. The first kappa shape index (κ1) is 17.7. The number of nitrogens with one attached hydrogen (secondary N) is 2. The van der Waals surface area contributed by atoms with Gasteiger partial charge >= 0.3 is 0 Å². The van der Waals surface area contributed by atoms with Crippen molar-refractivity contribution in [3.05, 3.63) is 22.8 Å². The molecular formula is C15H25ClN4O. The Morgan fingerprint density at radius 1 is 1.38 bits per heavy atom. The highest BCUT2D eigenvalue weighted by Crippen LogP contribution is 2.14. The number of anilines is 1. The highest BCUT2D eigenvalue weighted by molar-refractivity contribution is 6.29. The molecule has 1 amide bonds. The number of carbonyl (C=O) groups is 1. The van der Waals surface area contributed by atoms with Crippen LogP contribution in [0.1, 0.15) is 37.0 Å². The normalized spacial score (nSPS) is 11.0. The zero-order chi connectivity index (χ0) is 15.8. The Morgan fingerprint density at radius 3 is 2.71 bits per heavy atom. The lowest BCUT2D eigenvalue weighted by Gasteiger charge is -2.20. The lowest BCUT2D eigenvalue weighted by Crippen LogP contribution is -2.29. The summed E-state index contributed by atoms with van der Waals surface area (Å²) in [5.74, 6) is 0.472. The second kappa shape index (κ2) is 8.85. The first-order valence-electron chi connectivity index (χ1n) is 7.27. The molecule has 0 aromatic carbocycles. The van der Waals surface area contributed by atoms with Crippen molar-refractivity contribution in [2.75, 3.05) is 32.5 Å². The first-order chi connectivity index (χ1) is 9.93. The lowest BCUT2D eigenvalue weighted by molar-refractivity contribution is 0.0952. The molecule has 1 aromatic rings. The van der Waals surface area contributed by atoms with Crippen molar-refractivity contribution < 1.29 is 4.79 Å². The summed E-state index contributed by atoms with van der Waals surface area (Å²) in [6.45, 7) is 6.06. The van der Waals surface area contributed by atoms with Gasteiger partial charge in [0.25, 0.3) is 5.91 Å². The van der Waals surface area contributed by atoms with Crippen LogP contribution in [-0.4, -0.2) is 49.0 Å². The topological polar surface area (TPSA) is 57.3 Å². The number of halogens is 1. The molecule has 0 saturated carbocycles. The van der Waals surface area contributed by atoms with E-state index in [9.17, 15) is 4.79 Å². The molecule has 6 heteroatoms. The van der Waals surface area contributed by atoms with Gasteiger partial charge in [0.2, 0.25) is 0 Å². The number of pyridine rings is 1. The number of hydrogen-bond acceptors (Lipinski definition) is 4. The van der Waals surface area contributed by atoms with Gasteiger partial charge in [0.15, 0.2) is 0 Å². The third kappa shape index (κ3) is 6.31. The lowest BCUT2D eigenvalue weighted by atomic mass is 10.2. The van der Waals surface area contributed by atoms with E-state index in [2.05, 4.69) is 41.4 Å². The minimum atomic E-state index is -0.118. The zero-order valence-corrected chi connectivity index (χ0v) is 14.0. The van der Waals surface area contributed by atoms with Gasteiger partial charge in [0.1, 0.15) is 11.0 Å². The smallest absolute Gasteiger partial charge is 0.251 e. The first-order valence-corrected chi connectivity index (χ1v) is 7.65. The van der Waals surface area contributed by atoms with E-state index >= 15 is 0 Å². The number of nitrogens with zero attached hydrogens (tertiary/aromatic N) is 2. The molecule has 0 unspecified atom stereocenters. The van der Waals surface area contributed by atoms with Gasteiger partial charge in [-0.25, -0.2) is 4.98 Å². The van der Waals surface area contributed by atoms with Crippen molar-refractivity contribution in [3.63, 3.8) is 0 Å². The van der Waals surface area contributed by atoms with Crippen molar-refractivity contribution in [1.29, 1.82) is 0 Å². The fourth-order valence-corrected chi connectivity index (χ4v) is 2.01. The van der Waals surface area contributed by atoms with E-state index in [-0.39, 0.29) is 5.91 Å². The minimum absolute atomic E-state index is 0.118. The molecule has 0 radical (unpaired) electrons. The highest BCUT2D eigenvalue weighted by Gasteiger charge is 2.08. The molecule has 1 heterocycles. The van der Waals surface area contributed by atoms with Crippen molar-refractivity contribution in [2.24, 2.45) is 0 Å². The van der Waals surface area contributed by atoms with E-state index in [0.29, 0.717) is 29.1 Å². The van der Waals surface area contributed by atoms with E-state index in [1.165, 1.54) is 0 Å². The maximum Gasteiger partial charge on any atom is 0.251 e. The molecule has 21 heavy (non-hydrogen) atoms. The monoisotopic (exact) mass is 312 g/mol. The van der Waals surface area contributed by atoms with Crippen LogP contribution in [0.3, 0.4) is 0 Å². The summed E-state index contributed by atoms with van der Waals surface area (Å²) in [7, 11) is 3.85. The van der Waals surface area contributed by atoms with Crippen LogP contribution in [0.5, 0.6) is 0 Å². The summed E-state index contributed by atoms with van der Waals surface area (Å²) in [4.78, 5) is 18.4. The van der Waals surface area contributed by atoms with Gasteiger partial charge in [-0.2, -0.15) is 0 Å². The van der Waals surface area contributed by atoms with Crippen molar-refractivity contribution in [1.82, 2.24) is 15.2 Å². The SMILES string of the molecule is CNc1cc(C(=O)NCCCCN(C)C(C)C)cc(Cl)n1. The second-order valence-electron chi connectivity index (χ2n) is 5.35. The van der Waals surface area contributed by atoms with Crippen LogP contribution in [0.25, 0.3) is 0 Å². The third-order valence-electron chi connectivity index (χ3n) is 3.42. The molecule has 0 aliphatic heterocycles. The van der Waals surface area contributed by atoms with E-state index in [0.717, 1.165) is 19.4 Å². The number of aromatic nitrogens is 1. The minimum Gasteiger partial charge on any atom is -0.373 e. The zero-order valence-electron chi connectivity index (χ0n) is 13.2. The van der Waals surface area contributed by atoms with Gasteiger partial charge in [-0.3, -0.25) is 4.79 Å². The van der Waals surface area contributed by atoms with Gasteiger partial charge in [-0.1, -0.05) is 11.6 Å². The summed E-state index contributed by atoms with van der Waals surface area (Å²) in [6.07, 6.45) is 2.02. The molecule has 0 fully saturated rings. The molecule has 0 aliphatic rings. The average Bonchev–Trinajstić information content (AvgIpc) is 2.45. The van der Waals surface area contributed by atoms with Crippen LogP contribution in [0.2, 0.25) is 5.15 Å². The summed E-state index contributed by atoms with van der Waals surface area (Å²) < 4.78 is 0. The van der Waals surface area contributed by atoms with Crippen molar-refractivity contribution in [2.45, 2.75) is 32.7 Å². The Labute approximate surface area is 132 Å². The van der Waals surface area contributed by atoms with E-state index in [4.69, 9.17) is 11.6 Å². The molecule has 0 spiro atoms. The summed E-state index contributed by atoms with van der Waals surface area (Å²) in [6, 6.07) is 3.82. The van der Waals surface area contributed by atoms with Crippen LogP contribution < -0.4 is 10.6 Å². The summed E-state index contributed by atoms with van der Waals surface area (Å²) in [5, 5.41) is 6.10. The third-order valence-corrected chi connectivity index (χ3v) is 3.61. The van der Waals surface area contributed by atoms with Crippen LogP contribution in [-0.2, 0) is 0 Å². The molecule has 2 N–H and O–H groups in total. The van der Waals surface area contributed by atoms with E-state index in [1.807, 2.05) is 0 Å². The fourth-order valence-electron chi connectivity index (χ4n) is 1.80. The molecule has 5 nitrogen and oxygen atoms in total. The van der Waals surface area contributed by atoms with Gasteiger partial charge in [0, 0.05) is 25.2 Å². The van der Waals surface area contributed by atoms with Crippen molar-refractivity contribution in [3.8, 4) is 0 Å². The molecule has 0 aliphatic carbocycles. The van der Waals surface area contributed by atoms with E-state index < -0.39 is 0 Å². The maximum absolute atomic E-state index is 12.0. The highest BCUT2D eigenvalue weighted by atomic mass is 35.5. The predicted octanol–water partition coefficient (Wildman–Crippen LogP) is 2.63. The summed E-state index contributed by atoms with van der Waals surface area (Å²) in [5.41, 5.74) is 0.527. The van der Waals surface area contributed by atoms with Gasteiger partial charge < -0.3 is 15.5 Å². The second-order valence-corrected chi connectivity index (χ2v) is 5.74. The Kier molecular flexibility index (Phi) is 7.47. The van der Waals surface area contributed by atoms with Crippen molar-refractivity contribution >= 4 is 23.3 Å². The standard InChI is InChI=1S/C15H25ClN4O/c1-11(2)20(4)8-6-5-7-18-15(21)12-9-13(16)19-14(10-12)17-3/h9-11H,5-8H2,1-4H3,(H,17,19)(H,18,21). The molecule has 1 rings (SSSR count). The molecule has 0 saturated heterocycles. The Balaban J connectivity index is 2.36. The largest absolute Gasteiger partial charge is 0.373 e. The average molecular weight is 313 g/mol. The molecular weight excluding hydrogens is 288 g/mol. The van der Waals surface area contributed by atoms with Gasteiger partial charge in [0.05, 0.1) is 0 Å². The molecule has 1 aromatic heterocycles. The molecule has 0 atom stereocenters. The molecule has 0 bridgehead atoms. The number of carbonyl (C=O) groups excluding carboxylic acids is 1. The number of hydrogen-bond donors (Lipinski definition) is 2. The van der Waals surface area contributed by atoms with Crippen LogP contribution in [0.4, 0.5) is 5.82 Å². The van der Waals surface area contributed by atoms with Gasteiger partial charge in [-0.15, -0.1) is 0 Å². The fraction of sp³-hybridized carbons (Fsp3) is 0.600. The summed E-state index contributed by atoms with van der Waals surface area (Å²) >= 11 is 5.88. The van der Waals surface area contributed by atoms with Crippen LogP contribution >= 0.6 is 11.6 Å². The Hall–Kier alpha value is -1.33. The van der Waals surface area contributed by atoms with Gasteiger partial charge in [-0.05, 0) is 52.4 Å². The number of rotatable bonds is 8. The quantitative estimate of drug-likeness (QED) is 0.572. The van der Waals surface area contributed by atoms with Crippen LogP contribution in [0.15, 0.2) is 12.1 Å². The van der Waals surface area contributed by atoms with Crippen LogP contribution in [0, 0.1) is 0 Å². The molecule has 118 valence electrons. The Bertz CT molecular complexity index is 465. The number of unbranched alkanes of at least 4 members (excludes halogenated alkanes) is 1. The Morgan fingerprint density at radius 2 is 2.10 bits per heavy atom. The number of amides is 1.